The highest BCUT2D eigenvalue weighted by Gasteiger charge is 2.34. The minimum atomic E-state index is -4.46. The fourth-order valence-electron chi connectivity index (χ4n) is 5.92. The molecule has 0 atom stereocenters. The van der Waals surface area contributed by atoms with Crippen LogP contribution in [0, 0.1) is 10.1 Å². The summed E-state index contributed by atoms with van der Waals surface area (Å²) in [4.78, 5) is 25.0. The number of carbonyl (C=O) groups is 1. The first-order chi connectivity index (χ1) is 21.8. The van der Waals surface area contributed by atoms with Gasteiger partial charge in [-0.15, -0.1) is 0 Å². The number of nitro benzene ring substituents is 1. The van der Waals surface area contributed by atoms with Gasteiger partial charge in [0.15, 0.2) is 4.90 Å². The van der Waals surface area contributed by atoms with E-state index >= 15 is 0 Å². The molecule has 0 amide bonds. The second-order valence-corrected chi connectivity index (χ2v) is 12.7. The van der Waals surface area contributed by atoms with Crippen LogP contribution in [0.25, 0.3) is 11.0 Å². The maximum atomic E-state index is 14.4. The Bertz CT molecular complexity index is 1990. The molecular formula is C34H31N3O7S. The van der Waals surface area contributed by atoms with Gasteiger partial charge >= 0.3 is 5.97 Å². The van der Waals surface area contributed by atoms with Crippen molar-refractivity contribution in [3.63, 3.8) is 0 Å². The van der Waals surface area contributed by atoms with Gasteiger partial charge in [0.25, 0.3) is 15.7 Å². The number of furan rings is 1. The van der Waals surface area contributed by atoms with E-state index in [1.165, 1.54) is 41.9 Å². The van der Waals surface area contributed by atoms with Crippen molar-refractivity contribution in [2.24, 2.45) is 0 Å². The van der Waals surface area contributed by atoms with Crippen LogP contribution in [0.15, 0.2) is 107 Å². The number of hydrogen-bond acceptors (Lipinski definition) is 8. The van der Waals surface area contributed by atoms with Crippen LogP contribution >= 0.6 is 0 Å². The zero-order chi connectivity index (χ0) is 31.6. The molecule has 0 radical (unpaired) electrons. The molecule has 1 aromatic heterocycles. The Hall–Kier alpha value is -5.16. The number of anilines is 2. The van der Waals surface area contributed by atoms with Crippen molar-refractivity contribution in [3.05, 3.63) is 130 Å². The molecule has 10 nitrogen and oxygen atoms in total. The van der Waals surface area contributed by atoms with Crippen molar-refractivity contribution in [1.82, 2.24) is 0 Å². The SMILES string of the molecule is COC(=O)Cc1coc2cc(N(Cc3cccc4c3N(Cc3ccccc3)CCC4)S(=O)(=O)c3ccccc3[N+](=O)[O-])ccc12. The van der Waals surface area contributed by atoms with Crippen molar-refractivity contribution in [2.75, 3.05) is 22.9 Å². The zero-order valence-corrected chi connectivity index (χ0v) is 25.4. The molecule has 1 aliphatic rings. The number of benzene rings is 4. The van der Waals surface area contributed by atoms with Crippen LogP contribution in [0.5, 0.6) is 0 Å². The number of methoxy groups -OCH3 is 1. The fraction of sp³-hybridized carbons (Fsp3) is 0.206. The van der Waals surface area contributed by atoms with Crippen molar-refractivity contribution >= 4 is 44.0 Å². The van der Waals surface area contributed by atoms with E-state index in [0.717, 1.165) is 41.8 Å². The Morgan fingerprint density at radius 1 is 1.00 bits per heavy atom. The summed E-state index contributed by atoms with van der Waals surface area (Å²) < 4.78 is 40.6. The van der Waals surface area contributed by atoms with Crippen LogP contribution < -0.4 is 9.21 Å². The highest BCUT2D eigenvalue weighted by molar-refractivity contribution is 7.93. The summed E-state index contributed by atoms with van der Waals surface area (Å²) in [6, 6.07) is 26.2. The molecule has 2 heterocycles. The quantitative estimate of drug-likeness (QED) is 0.0992. The smallest absolute Gasteiger partial charge is 0.310 e. The number of hydrogen-bond donors (Lipinski definition) is 0. The van der Waals surface area contributed by atoms with E-state index < -0.39 is 31.5 Å². The number of ether oxygens (including phenoxy) is 1. The molecule has 0 unspecified atom stereocenters. The van der Waals surface area contributed by atoms with E-state index in [2.05, 4.69) is 23.1 Å². The Labute approximate surface area is 260 Å². The second-order valence-electron chi connectivity index (χ2n) is 10.9. The third-order valence-corrected chi connectivity index (χ3v) is 9.86. The molecule has 11 heteroatoms. The van der Waals surface area contributed by atoms with Gasteiger partial charge in [0.05, 0.1) is 36.9 Å². The third-order valence-electron chi connectivity index (χ3n) is 8.04. The lowest BCUT2D eigenvalue weighted by Gasteiger charge is -2.35. The lowest BCUT2D eigenvalue weighted by atomic mass is 9.97. The first-order valence-electron chi connectivity index (χ1n) is 14.5. The molecular weight excluding hydrogens is 594 g/mol. The second kappa shape index (κ2) is 12.4. The monoisotopic (exact) mass is 625 g/mol. The Morgan fingerprint density at radius 3 is 2.56 bits per heavy atom. The standard InChI is InChI=1S/C34H31N3O7S/c1-43-33(38)19-27-23-44-31-20-28(16-17-29(27)31)36(45(41,42)32-15-6-5-14-30(32)37(39)40)22-26-12-7-11-25-13-8-18-35(34(25)26)21-24-9-3-2-4-10-24/h2-7,9-12,14-17,20,23H,8,13,18-19,21-22H2,1H3. The number of sulfonamides is 1. The van der Waals surface area contributed by atoms with Gasteiger partial charge in [0, 0.05) is 41.9 Å². The summed E-state index contributed by atoms with van der Waals surface area (Å²) in [6.45, 7) is 1.38. The largest absolute Gasteiger partial charge is 0.469 e. The molecule has 6 rings (SSSR count). The van der Waals surface area contributed by atoms with Gasteiger partial charge in [0.2, 0.25) is 0 Å². The van der Waals surface area contributed by atoms with Crippen LogP contribution in [0.4, 0.5) is 17.1 Å². The molecule has 0 saturated heterocycles. The van der Waals surface area contributed by atoms with Crippen molar-refractivity contribution in [2.45, 2.75) is 37.2 Å². The highest BCUT2D eigenvalue weighted by atomic mass is 32.2. The number of rotatable bonds is 10. The van der Waals surface area contributed by atoms with Gasteiger partial charge in [-0.1, -0.05) is 60.7 Å². The van der Waals surface area contributed by atoms with Crippen molar-refractivity contribution < 1.29 is 27.3 Å². The summed E-state index contributed by atoms with van der Waals surface area (Å²) in [5.41, 5.74) is 4.72. The minimum Gasteiger partial charge on any atom is -0.469 e. The van der Waals surface area contributed by atoms with Crippen molar-refractivity contribution in [1.29, 1.82) is 0 Å². The predicted molar refractivity (Wildman–Crippen MR) is 171 cm³/mol. The maximum Gasteiger partial charge on any atom is 0.310 e. The molecule has 4 aromatic carbocycles. The van der Waals surface area contributed by atoms with Crippen LogP contribution in [0.2, 0.25) is 0 Å². The van der Waals surface area contributed by atoms with Crippen LogP contribution in [-0.4, -0.2) is 33.0 Å². The van der Waals surface area contributed by atoms with Gasteiger partial charge in [-0.2, -0.15) is 0 Å². The van der Waals surface area contributed by atoms with Gasteiger partial charge in [-0.25, -0.2) is 8.42 Å². The Kier molecular flexibility index (Phi) is 8.27. The topological polar surface area (TPSA) is 123 Å². The zero-order valence-electron chi connectivity index (χ0n) is 24.6. The highest BCUT2D eigenvalue weighted by Crippen LogP contribution is 2.38. The first kappa shape index (κ1) is 29.9. The first-order valence-corrected chi connectivity index (χ1v) is 15.9. The summed E-state index contributed by atoms with van der Waals surface area (Å²) in [5.74, 6) is -0.434. The van der Waals surface area contributed by atoms with E-state index in [4.69, 9.17) is 9.15 Å². The van der Waals surface area contributed by atoms with Gasteiger partial charge < -0.3 is 14.1 Å². The number of nitro groups is 1. The Morgan fingerprint density at radius 2 is 1.78 bits per heavy atom. The van der Waals surface area contributed by atoms with E-state index in [1.807, 2.05) is 30.3 Å². The number of esters is 1. The third kappa shape index (κ3) is 5.99. The number of para-hydroxylation sites is 2. The number of nitrogens with zero attached hydrogens (tertiary/aromatic N) is 3. The molecule has 0 aliphatic carbocycles. The number of aryl methyl sites for hydroxylation is 1. The molecule has 0 fully saturated rings. The van der Waals surface area contributed by atoms with Crippen LogP contribution in [0.1, 0.15) is 28.7 Å². The minimum absolute atomic E-state index is 0.00549. The summed E-state index contributed by atoms with van der Waals surface area (Å²) >= 11 is 0. The summed E-state index contributed by atoms with van der Waals surface area (Å²) in [7, 11) is -3.16. The number of carbonyl (C=O) groups excluding carboxylic acids is 1. The maximum absolute atomic E-state index is 14.4. The van der Waals surface area contributed by atoms with Gasteiger partial charge in [-0.3, -0.25) is 19.2 Å². The molecule has 0 bridgehead atoms. The Balaban J connectivity index is 1.47. The molecule has 0 saturated carbocycles. The molecule has 230 valence electrons. The molecule has 45 heavy (non-hydrogen) atoms. The average Bonchev–Trinajstić information content (AvgIpc) is 3.45. The number of fused-ring (bicyclic) bond motifs is 2. The van der Waals surface area contributed by atoms with E-state index in [1.54, 1.807) is 18.2 Å². The lowest BCUT2D eigenvalue weighted by molar-refractivity contribution is -0.387. The predicted octanol–water partition coefficient (Wildman–Crippen LogP) is 6.40. The summed E-state index contributed by atoms with van der Waals surface area (Å²) in [6.07, 6.45) is 3.26. The van der Waals surface area contributed by atoms with E-state index in [-0.39, 0.29) is 18.7 Å². The summed E-state index contributed by atoms with van der Waals surface area (Å²) in [5, 5.41) is 12.6. The van der Waals surface area contributed by atoms with E-state index in [9.17, 15) is 23.3 Å². The van der Waals surface area contributed by atoms with Crippen LogP contribution in [0.3, 0.4) is 0 Å². The molecule has 5 aromatic rings. The average molecular weight is 626 g/mol. The fourth-order valence-corrected chi connectivity index (χ4v) is 7.52. The lowest BCUT2D eigenvalue weighted by Crippen LogP contribution is -2.34. The van der Waals surface area contributed by atoms with Gasteiger partial charge in [-0.05, 0) is 47.7 Å². The molecule has 1 aliphatic heterocycles. The normalized spacial score (nSPS) is 13.0. The van der Waals surface area contributed by atoms with Crippen LogP contribution in [-0.2, 0) is 45.5 Å². The van der Waals surface area contributed by atoms with Gasteiger partial charge in [0.1, 0.15) is 5.58 Å². The van der Waals surface area contributed by atoms with Crippen molar-refractivity contribution in [3.8, 4) is 0 Å². The molecule has 0 spiro atoms. The molecule has 0 N–H and O–H groups in total. The van der Waals surface area contributed by atoms with E-state index in [0.29, 0.717) is 23.1 Å².